The molecule has 1 heteroatoms. The van der Waals surface area contributed by atoms with Crippen LogP contribution in [0.2, 0.25) is 0 Å². The molecule has 0 aromatic carbocycles. The molecule has 0 aliphatic heterocycles. The van der Waals surface area contributed by atoms with Crippen LogP contribution >= 0.6 is 0 Å². The molecule has 1 nitrogen and oxygen atoms in total. The average Bonchev–Trinajstić information content (AvgIpc) is 2.14. The number of allylic oxidation sites excluding steroid dienone is 3. The lowest BCUT2D eigenvalue weighted by atomic mass is 10.3. The molecule has 0 rings (SSSR count). The van der Waals surface area contributed by atoms with Crippen LogP contribution in [0.4, 0.5) is 0 Å². The Bertz CT molecular complexity index is 189. The zero-order valence-electron chi connectivity index (χ0n) is 9.09. The van der Waals surface area contributed by atoms with Gasteiger partial charge in [0, 0.05) is 12.2 Å². The number of hydrogen-bond acceptors (Lipinski definition) is 1. The molecule has 0 aliphatic carbocycles. The molecule has 13 heavy (non-hydrogen) atoms. The van der Waals surface area contributed by atoms with Gasteiger partial charge in [-0.25, -0.2) is 0 Å². The van der Waals surface area contributed by atoms with Crippen molar-refractivity contribution in [3.05, 3.63) is 36.7 Å². The second kappa shape index (κ2) is 7.66. The molecular formula is C12H21N. The van der Waals surface area contributed by atoms with Gasteiger partial charge in [-0.3, -0.25) is 0 Å². The van der Waals surface area contributed by atoms with Crippen LogP contribution in [0.1, 0.15) is 33.6 Å². The summed E-state index contributed by atoms with van der Waals surface area (Å²) >= 11 is 0. The minimum absolute atomic E-state index is 0.972. The quantitative estimate of drug-likeness (QED) is 0.562. The Morgan fingerprint density at radius 1 is 1.38 bits per heavy atom. The topological polar surface area (TPSA) is 3.24 Å². The predicted octanol–water partition coefficient (Wildman–Crippen LogP) is 3.71. The maximum Gasteiger partial charge on any atom is 0.0329 e. The van der Waals surface area contributed by atoms with Crippen LogP contribution in [-0.4, -0.2) is 11.4 Å². The number of likely N-dealkylation sites (N-methyl/N-ethyl adjacent to an activating group) is 1. The summed E-state index contributed by atoms with van der Waals surface area (Å²) in [5, 5.41) is 0. The fourth-order valence-electron chi connectivity index (χ4n) is 1.07. The van der Waals surface area contributed by atoms with E-state index in [0.29, 0.717) is 0 Å². The summed E-state index contributed by atoms with van der Waals surface area (Å²) in [6, 6.07) is 0. The van der Waals surface area contributed by atoms with Crippen molar-refractivity contribution in [1.82, 2.24) is 4.90 Å². The third kappa shape index (κ3) is 5.29. The molecule has 0 atom stereocenters. The Kier molecular flexibility index (Phi) is 7.08. The molecule has 0 fully saturated rings. The molecule has 0 aliphatic rings. The van der Waals surface area contributed by atoms with Crippen LogP contribution in [0.15, 0.2) is 36.7 Å². The zero-order valence-corrected chi connectivity index (χ0v) is 9.09. The lowest BCUT2D eigenvalue weighted by molar-refractivity contribution is 0.508. The minimum Gasteiger partial charge on any atom is -0.349 e. The molecule has 0 unspecified atom stereocenters. The van der Waals surface area contributed by atoms with E-state index in [2.05, 4.69) is 43.7 Å². The fraction of sp³-hybridized carbons (Fsp3) is 0.500. The summed E-state index contributed by atoms with van der Waals surface area (Å²) < 4.78 is 0. The van der Waals surface area contributed by atoms with Crippen molar-refractivity contribution in [1.29, 1.82) is 0 Å². The predicted molar refractivity (Wildman–Crippen MR) is 60.4 cm³/mol. The smallest absolute Gasteiger partial charge is 0.0329 e. The molecule has 0 aromatic rings. The molecular weight excluding hydrogens is 158 g/mol. The summed E-state index contributed by atoms with van der Waals surface area (Å²) in [4.78, 5) is 2.13. The SMILES string of the molecule is C=C(/C=C\CCC)N(/C=C\C)CC. The molecule has 0 aromatic heterocycles. The van der Waals surface area contributed by atoms with Crippen molar-refractivity contribution >= 4 is 0 Å². The van der Waals surface area contributed by atoms with Crippen molar-refractivity contribution in [3.8, 4) is 0 Å². The normalized spacial score (nSPS) is 11.3. The van der Waals surface area contributed by atoms with Crippen molar-refractivity contribution in [2.45, 2.75) is 33.6 Å². The second-order valence-corrected chi connectivity index (χ2v) is 2.95. The zero-order chi connectivity index (χ0) is 10.1. The van der Waals surface area contributed by atoms with Gasteiger partial charge in [-0.2, -0.15) is 0 Å². The fourth-order valence-corrected chi connectivity index (χ4v) is 1.07. The maximum atomic E-state index is 4.00. The van der Waals surface area contributed by atoms with Gasteiger partial charge >= 0.3 is 0 Å². The van der Waals surface area contributed by atoms with E-state index >= 15 is 0 Å². The van der Waals surface area contributed by atoms with Gasteiger partial charge < -0.3 is 4.90 Å². The standard InChI is InChI=1S/C12H21N/c1-5-8-9-10-12(4)13(7-3)11-6-2/h6,9-11H,4-5,7-8H2,1-3H3/b10-9-,11-6-. The first-order valence-corrected chi connectivity index (χ1v) is 5.01. The molecule has 0 heterocycles. The number of rotatable bonds is 6. The van der Waals surface area contributed by atoms with Crippen molar-refractivity contribution in [2.24, 2.45) is 0 Å². The van der Waals surface area contributed by atoms with Gasteiger partial charge in [-0.1, -0.05) is 32.1 Å². The molecule has 74 valence electrons. The van der Waals surface area contributed by atoms with Crippen molar-refractivity contribution < 1.29 is 0 Å². The summed E-state index contributed by atoms with van der Waals surface area (Å²) in [5.41, 5.74) is 1.06. The highest BCUT2D eigenvalue weighted by atomic mass is 15.1. The van der Waals surface area contributed by atoms with E-state index in [-0.39, 0.29) is 0 Å². The van der Waals surface area contributed by atoms with Crippen LogP contribution in [0.3, 0.4) is 0 Å². The lowest BCUT2D eigenvalue weighted by Crippen LogP contribution is -2.13. The first kappa shape index (κ1) is 12.0. The number of unbranched alkanes of at least 4 members (excludes halogenated alkanes) is 1. The Labute approximate surface area is 82.4 Å². The van der Waals surface area contributed by atoms with Gasteiger partial charge in [-0.15, -0.1) is 0 Å². The molecule has 0 bridgehead atoms. The van der Waals surface area contributed by atoms with Gasteiger partial charge in [0.25, 0.3) is 0 Å². The highest BCUT2D eigenvalue weighted by Crippen LogP contribution is 2.04. The van der Waals surface area contributed by atoms with Crippen LogP contribution < -0.4 is 0 Å². The first-order chi connectivity index (χ1) is 6.26. The molecule has 0 amide bonds. The summed E-state index contributed by atoms with van der Waals surface area (Å²) in [6.45, 7) is 11.3. The number of hydrogen-bond donors (Lipinski definition) is 0. The summed E-state index contributed by atoms with van der Waals surface area (Å²) in [5.74, 6) is 0. The molecule has 0 spiro atoms. The van der Waals surface area contributed by atoms with Gasteiger partial charge in [0.2, 0.25) is 0 Å². The van der Waals surface area contributed by atoms with E-state index < -0.39 is 0 Å². The summed E-state index contributed by atoms with van der Waals surface area (Å²) in [7, 11) is 0. The Morgan fingerprint density at radius 3 is 2.54 bits per heavy atom. The van der Waals surface area contributed by atoms with Crippen LogP contribution in [0, 0.1) is 0 Å². The lowest BCUT2D eigenvalue weighted by Gasteiger charge is -2.17. The molecule has 0 saturated heterocycles. The third-order valence-electron chi connectivity index (χ3n) is 1.80. The van der Waals surface area contributed by atoms with Crippen molar-refractivity contribution in [3.63, 3.8) is 0 Å². The molecule has 0 saturated carbocycles. The summed E-state index contributed by atoms with van der Waals surface area (Å²) in [6.07, 6.45) is 10.7. The maximum absolute atomic E-state index is 4.00. The van der Waals surface area contributed by atoms with E-state index in [1.807, 2.05) is 13.0 Å². The van der Waals surface area contributed by atoms with Crippen LogP contribution in [0.5, 0.6) is 0 Å². The van der Waals surface area contributed by atoms with Crippen LogP contribution in [-0.2, 0) is 0 Å². The van der Waals surface area contributed by atoms with E-state index in [1.54, 1.807) is 0 Å². The number of nitrogens with zero attached hydrogens (tertiary/aromatic N) is 1. The van der Waals surface area contributed by atoms with Gasteiger partial charge in [-0.05, 0) is 32.5 Å². The van der Waals surface area contributed by atoms with Crippen LogP contribution in [0.25, 0.3) is 0 Å². The Balaban J connectivity index is 4.05. The monoisotopic (exact) mass is 179 g/mol. The largest absolute Gasteiger partial charge is 0.349 e. The van der Waals surface area contributed by atoms with Gasteiger partial charge in [0.05, 0.1) is 0 Å². The van der Waals surface area contributed by atoms with Gasteiger partial charge in [0.1, 0.15) is 0 Å². The average molecular weight is 179 g/mol. The highest BCUT2D eigenvalue weighted by molar-refractivity contribution is 5.15. The Morgan fingerprint density at radius 2 is 2.08 bits per heavy atom. The van der Waals surface area contributed by atoms with E-state index in [1.165, 1.54) is 6.42 Å². The molecule has 0 radical (unpaired) electrons. The minimum atomic E-state index is 0.972. The van der Waals surface area contributed by atoms with E-state index in [4.69, 9.17) is 0 Å². The second-order valence-electron chi connectivity index (χ2n) is 2.95. The highest BCUT2D eigenvalue weighted by Gasteiger charge is 1.95. The Hall–Kier alpha value is -0.980. The van der Waals surface area contributed by atoms with Gasteiger partial charge in [0.15, 0.2) is 0 Å². The third-order valence-corrected chi connectivity index (χ3v) is 1.80. The van der Waals surface area contributed by atoms with E-state index in [0.717, 1.165) is 18.7 Å². The van der Waals surface area contributed by atoms with Crippen molar-refractivity contribution in [2.75, 3.05) is 6.54 Å². The molecule has 0 N–H and O–H groups in total. The first-order valence-electron chi connectivity index (χ1n) is 5.01. The van der Waals surface area contributed by atoms with E-state index in [9.17, 15) is 0 Å².